The molecule has 0 radical (unpaired) electrons. The second-order valence-electron chi connectivity index (χ2n) is 8.45. The number of para-hydroxylation sites is 1. The third-order valence-electron chi connectivity index (χ3n) is 6.11. The van der Waals surface area contributed by atoms with Crippen molar-refractivity contribution in [3.05, 3.63) is 95.6 Å². The van der Waals surface area contributed by atoms with Gasteiger partial charge in [0, 0.05) is 24.8 Å². The normalized spacial score (nSPS) is 15.3. The maximum absolute atomic E-state index is 13.1. The van der Waals surface area contributed by atoms with Crippen molar-refractivity contribution in [3.8, 4) is 21.9 Å². The van der Waals surface area contributed by atoms with Gasteiger partial charge < -0.3 is 15.0 Å². The van der Waals surface area contributed by atoms with Crippen LogP contribution in [0.2, 0.25) is 0 Å². The number of benzene rings is 3. The van der Waals surface area contributed by atoms with Crippen molar-refractivity contribution in [3.63, 3.8) is 0 Å². The molecule has 1 atom stereocenters. The minimum atomic E-state index is -0.175. The Labute approximate surface area is 204 Å². The molecule has 3 aromatic carbocycles. The summed E-state index contributed by atoms with van der Waals surface area (Å²) in [6.45, 7) is 3.40. The second-order valence-corrected chi connectivity index (χ2v) is 9.30. The average Bonchev–Trinajstić information content (AvgIpc) is 3.53. The predicted octanol–water partition coefficient (Wildman–Crippen LogP) is 6.20. The van der Waals surface area contributed by atoms with Crippen LogP contribution in [-0.4, -0.2) is 23.5 Å². The van der Waals surface area contributed by atoms with Crippen LogP contribution in [0.15, 0.2) is 84.4 Å². The molecule has 2 heterocycles. The van der Waals surface area contributed by atoms with E-state index in [9.17, 15) is 4.79 Å². The van der Waals surface area contributed by atoms with Crippen LogP contribution >= 0.6 is 11.3 Å². The van der Waals surface area contributed by atoms with Crippen molar-refractivity contribution in [1.29, 1.82) is 0 Å². The molecule has 1 N–H and O–H groups in total. The van der Waals surface area contributed by atoms with Gasteiger partial charge in [-0.15, -0.1) is 11.3 Å². The van der Waals surface area contributed by atoms with Crippen LogP contribution in [0.5, 0.6) is 11.5 Å². The highest BCUT2D eigenvalue weighted by atomic mass is 32.1. The molecular weight excluding hydrogens is 442 g/mol. The van der Waals surface area contributed by atoms with Crippen LogP contribution < -0.4 is 15.0 Å². The van der Waals surface area contributed by atoms with Crippen LogP contribution in [0.1, 0.15) is 24.1 Å². The molecule has 172 valence electrons. The lowest BCUT2D eigenvalue weighted by molar-refractivity contribution is -0.122. The first-order chi connectivity index (χ1) is 16.7. The molecule has 0 bridgehead atoms. The molecule has 1 fully saturated rings. The van der Waals surface area contributed by atoms with Crippen LogP contribution in [0.4, 0.5) is 5.69 Å². The number of amides is 1. The number of aryl methyl sites for hydroxylation is 1. The van der Waals surface area contributed by atoms with Gasteiger partial charge in [-0.2, -0.15) is 0 Å². The van der Waals surface area contributed by atoms with Gasteiger partial charge in [0.2, 0.25) is 5.91 Å². The van der Waals surface area contributed by atoms with E-state index in [0.717, 1.165) is 53.4 Å². The predicted molar refractivity (Wildman–Crippen MR) is 137 cm³/mol. The topological polar surface area (TPSA) is 54.5 Å². The number of aromatic nitrogens is 1. The van der Waals surface area contributed by atoms with Gasteiger partial charge in [0.05, 0.1) is 16.1 Å². The third-order valence-corrected chi connectivity index (χ3v) is 7.09. The number of ether oxygens (including phenoxy) is 1. The highest BCUT2D eigenvalue weighted by molar-refractivity contribution is 7.13. The quantitative estimate of drug-likeness (QED) is 0.350. The van der Waals surface area contributed by atoms with Gasteiger partial charge in [-0.25, -0.2) is 4.98 Å². The van der Waals surface area contributed by atoms with E-state index in [0.29, 0.717) is 6.54 Å². The number of nitrogens with zero attached hydrogens (tertiary/aromatic N) is 2. The number of carbonyl (C=O) groups is 1. The summed E-state index contributed by atoms with van der Waals surface area (Å²) >= 11 is 1.65. The molecule has 0 saturated carbocycles. The van der Waals surface area contributed by atoms with Gasteiger partial charge >= 0.3 is 0 Å². The van der Waals surface area contributed by atoms with Crippen LogP contribution in [0.25, 0.3) is 10.4 Å². The van der Waals surface area contributed by atoms with Crippen molar-refractivity contribution < 1.29 is 9.53 Å². The van der Waals surface area contributed by atoms with Crippen LogP contribution in [0, 0.1) is 6.92 Å². The van der Waals surface area contributed by atoms with E-state index >= 15 is 0 Å². The number of thiazole rings is 1. The summed E-state index contributed by atoms with van der Waals surface area (Å²) in [6.07, 6.45) is 1.84. The van der Waals surface area contributed by atoms with Gasteiger partial charge in [-0.05, 0) is 55.2 Å². The molecule has 1 aliphatic heterocycles. The highest BCUT2D eigenvalue weighted by Crippen LogP contribution is 2.31. The van der Waals surface area contributed by atoms with Gasteiger partial charge in [0.1, 0.15) is 17.5 Å². The number of carbonyl (C=O) groups excluding carboxylic acids is 1. The zero-order chi connectivity index (χ0) is 23.3. The molecule has 5 rings (SSSR count). The molecule has 1 amide bonds. The fourth-order valence-corrected chi connectivity index (χ4v) is 5.17. The zero-order valence-corrected chi connectivity index (χ0v) is 19.9. The molecule has 6 heteroatoms. The maximum atomic E-state index is 13.1. The molecule has 5 nitrogen and oxygen atoms in total. The Morgan fingerprint density at radius 2 is 1.85 bits per heavy atom. The van der Waals surface area contributed by atoms with Crippen molar-refractivity contribution >= 4 is 22.9 Å². The first-order valence-corrected chi connectivity index (χ1v) is 12.4. The standard InChI is InChI=1S/C28H27N3O2S/c1-20-27(34-19-30-20)22-14-12-21(13-15-22)18-29-28(32)26-11-6-16-31(26)23-7-5-10-25(17-23)33-24-8-3-2-4-9-24/h2-5,7-10,12-15,17,19,26H,6,11,16,18H2,1H3,(H,29,32). The summed E-state index contributed by atoms with van der Waals surface area (Å²) < 4.78 is 5.99. The fourth-order valence-electron chi connectivity index (χ4n) is 4.36. The zero-order valence-electron chi connectivity index (χ0n) is 19.1. The van der Waals surface area contributed by atoms with Gasteiger partial charge in [-0.1, -0.05) is 48.5 Å². The Morgan fingerprint density at radius 1 is 1.06 bits per heavy atom. The Hall–Kier alpha value is -3.64. The van der Waals surface area contributed by atoms with Gasteiger partial charge in [0.15, 0.2) is 0 Å². The summed E-state index contributed by atoms with van der Waals surface area (Å²) in [5, 5.41) is 3.14. The Balaban J connectivity index is 1.22. The summed E-state index contributed by atoms with van der Waals surface area (Å²) in [5.41, 5.74) is 6.17. The number of hydrogen-bond donors (Lipinski definition) is 1. The first kappa shape index (κ1) is 22.2. The minimum Gasteiger partial charge on any atom is -0.457 e. The van der Waals surface area contributed by atoms with Crippen molar-refractivity contribution in [2.75, 3.05) is 11.4 Å². The van der Waals surface area contributed by atoms with Crippen LogP contribution in [-0.2, 0) is 11.3 Å². The largest absolute Gasteiger partial charge is 0.457 e. The first-order valence-electron chi connectivity index (χ1n) is 11.5. The summed E-state index contributed by atoms with van der Waals surface area (Å²) in [4.78, 5) is 20.8. The van der Waals surface area contributed by atoms with E-state index in [1.54, 1.807) is 11.3 Å². The lowest BCUT2D eigenvalue weighted by Crippen LogP contribution is -2.43. The molecule has 1 aliphatic rings. The number of nitrogens with one attached hydrogen (secondary N) is 1. The Bertz CT molecular complexity index is 1250. The average molecular weight is 470 g/mol. The van der Waals surface area contributed by atoms with E-state index in [-0.39, 0.29) is 11.9 Å². The summed E-state index contributed by atoms with van der Waals surface area (Å²) in [7, 11) is 0. The monoisotopic (exact) mass is 469 g/mol. The highest BCUT2D eigenvalue weighted by Gasteiger charge is 2.31. The van der Waals surface area contributed by atoms with Gasteiger partial charge in [0.25, 0.3) is 0 Å². The molecule has 4 aromatic rings. The van der Waals surface area contributed by atoms with E-state index in [1.165, 1.54) is 4.88 Å². The Morgan fingerprint density at radius 3 is 2.62 bits per heavy atom. The second kappa shape index (κ2) is 10.1. The molecule has 0 aliphatic carbocycles. The lowest BCUT2D eigenvalue weighted by atomic mass is 10.1. The third kappa shape index (κ3) is 4.97. The molecule has 0 spiro atoms. The molecular formula is C28H27N3O2S. The number of hydrogen-bond acceptors (Lipinski definition) is 5. The van der Waals surface area contributed by atoms with E-state index in [4.69, 9.17) is 4.74 Å². The van der Waals surface area contributed by atoms with Crippen molar-refractivity contribution in [2.45, 2.75) is 32.4 Å². The van der Waals surface area contributed by atoms with Crippen molar-refractivity contribution in [2.24, 2.45) is 0 Å². The fraction of sp³-hybridized carbons (Fsp3) is 0.214. The molecule has 34 heavy (non-hydrogen) atoms. The smallest absolute Gasteiger partial charge is 0.242 e. The SMILES string of the molecule is Cc1ncsc1-c1ccc(CNC(=O)C2CCCN2c2cccc(Oc3ccccc3)c2)cc1. The molecule has 1 unspecified atom stereocenters. The van der Waals surface area contributed by atoms with E-state index < -0.39 is 0 Å². The van der Waals surface area contributed by atoms with Gasteiger partial charge in [-0.3, -0.25) is 4.79 Å². The van der Waals surface area contributed by atoms with E-state index in [2.05, 4.69) is 39.5 Å². The summed E-state index contributed by atoms with van der Waals surface area (Å²) in [6, 6.07) is 25.9. The van der Waals surface area contributed by atoms with E-state index in [1.807, 2.05) is 67.0 Å². The number of anilines is 1. The van der Waals surface area contributed by atoms with Crippen LogP contribution in [0.3, 0.4) is 0 Å². The lowest BCUT2D eigenvalue weighted by Gasteiger charge is -2.26. The Kier molecular flexibility index (Phi) is 6.58. The maximum Gasteiger partial charge on any atom is 0.242 e. The minimum absolute atomic E-state index is 0.0641. The molecule has 1 saturated heterocycles. The summed E-state index contributed by atoms with van der Waals surface area (Å²) in [5.74, 6) is 1.63. The molecule has 1 aromatic heterocycles. The van der Waals surface area contributed by atoms with Crippen molar-refractivity contribution in [1.82, 2.24) is 10.3 Å². The number of rotatable bonds is 7.